The Hall–Kier alpha value is -1.69. The van der Waals surface area contributed by atoms with Crippen molar-refractivity contribution in [2.45, 2.75) is 39.2 Å². The van der Waals surface area contributed by atoms with Crippen LogP contribution in [0.2, 0.25) is 0 Å². The molecule has 5 nitrogen and oxygen atoms in total. The predicted molar refractivity (Wildman–Crippen MR) is 78.9 cm³/mol. The summed E-state index contributed by atoms with van der Waals surface area (Å²) >= 11 is 1.61. The van der Waals surface area contributed by atoms with Gasteiger partial charge in [-0.25, -0.2) is 4.98 Å². The van der Waals surface area contributed by atoms with Gasteiger partial charge in [0.15, 0.2) is 5.13 Å². The molecule has 2 atom stereocenters. The lowest BCUT2D eigenvalue weighted by molar-refractivity contribution is -0.119. The number of aromatic nitrogens is 3. The van der Waals surface area contributed by atoms with Crippen molar-refractivity contribution in [3.8, 4) is 0 Å². The summed E-state index contributed by atoms with van der Waals surface area (Å²) in [6.07, 6.45) is 6.76. The number of nitrogens with one attached hydrogen (secondary N) is 1. The summed E-state index contributed by atoms with van der Waals surface area (Å²) in [4.78, 5) is 18.1. The highest BCUT2D eigenvalue weighted by Gasteiger charge is 2.22. The van der Waals surface area contributed by atoms with E-state index in [1.165, 1.54) is 11.3 Å². The minimum Gasteiger partial charge on any atom is -0.300 e. The Kier molecular flexibility index (Phi) is 3.56. The van der Waals surface area contributed by atoms with Crippen LogP contribution in [0.25, 0.3) is 0 Å². The van der Waals surface area contributed by atoms with Crippen molar-refractivity contribution in [2.75, 3.05) is 5.32 Å². The smallest absolute Gasteiger partial charge is 0.250 e. The number of carbonyl (C=O) groups is 1. The molecule has 0 bridgehead atoms. The summed E-state index contributed by atoms with van der Waals surface area (Å²) in [6.45, 7) is 4.10. The zero-order chi connectivity index (χ0) is 14.1. The Morgan fingerprint density at radius 2 is 2.45 bits per heavy atom. The molecule has 0 spiro atoms. The quantitative estimate of drug-likeness (QED) is 0.945. The number of rotatable bonds is 3. The van der Waals surface area contributed by atoms with Gasteiger partial charge in [0.2, 0.25) is 0 Å². The molecule has 2 aromatic heterocycles. The van der Waals surface area contributed by atoms with Crippen molar-refractivity contribution in [3.63, 3.8) is 0 Å². The van der Waals surface area contributed by atoms with Crippen LogP contribution >= 0.6 is 11.3 Å². The summed E-state index contributed by atoms with van der Waals surface area (Å²) in [5, 5.41) is 7.72. The standard InChI is InChI=1S/C14H18N4OS/c1-9-4-5-11-12(8-9)20-14(16-11)17-13(19)10(2)18-7-3-6-15-18/h3,6-7,9-10H,4-5,8H2,1-2H3,(H,16,17,19)/t9-,10-/m1/s1. The van der Waals surface area contributed by atoms with E-state index in [9.17, 15) is 4.79 Å². The van der Waals surface area contributed by atoms with Crippen molar-refractivity contribution in [2.24, 2.45) is 5.92 Å². The van der Waals surface area contributed by atoms with E-state index in [0.717, 1.165) is 24.5 Å². The highest BCUT2D eigenvalue weighted by Crippen LogP contribution is 2.32. The van der Waals surface area contributed by atoms with Gasteiger partial charge >= 0.3 is 0 Å². The summed E-state index contributed by atoms with van der Waals surface area (Å²) in [6, 6.07) is 1.48. The van der Waals surface area contributed by atoms with E-state index < -0.39 is 0 Å². The van der Waals surface area contributed by atoms with Crippen LogP contribution in [-0.2, 0) is 17.6 Å². The number of nitrogens with zero attached hydrogens (tertiary/aromatic N) is 3. The lowest BCUT2D eigenvalue weighted by Crippen LogP contribution is -2.23. The second kappa shape index (κ2) is 5.36. The number of thiazole rings is 1. The second-order valence-electron chi connectivity index (χ2n) is 5.39. The summed E-state index contributed by atoms with van der Waals surface area (Å²) < 4.78 is 1.64. The molecule has 1 aliphatic rings. The molecule has 2 aromatic rings. The van der Waals surface area contributed by atoms with Gasteiger partial charge in [-0.1, -0.05) is 6.92 Å². The number of carbonyl (C=O) groups excluding carboxylic acids is 1. The number of aryl methyl sites for hydroxylation is 1. The molecule has 2 heterocycles. The molecule has 0 radical (unpaired) electrons. The first-order chi connectivity index (χ1) is 9.63. The number of fused-ring (bicyclic) bond motifs is 1. The first-order valence-electron chi connectivity index (χ1n) is 6.92. The van der Waals surface area contributed by atoms with Crippen LogP contribution < -0.4 is 5.32 Å². The third kappa shape index (κ3) is 2.60. The van der Waals surface area contributed by atoms with Crippen molar-refractivity contribution < 1.29 is 4.79 Å². The first-order valence-corrected chi connectivity index (χ1v) is 7.73. The number of amides is 1. The fraction of sp³-hybridized carbons (Fsp3) is 0.500. The van der Waals surface area contributed by atoms with E-state index in [0.29, 0.717) is 5.13 Å². The molecule has 0 saturated heterocycles. The van der Waals surface area contributed by atoms with Crippen LogP contribution in [0.15, 0.2) is 18.5 Å². The van der Waals surface area contributed by atoms with Crippen molar-refractivity contribution in [1.82, 2.24) is 14.8 Å². The lowest BCUT2D eigenvalue weighted by Gasteiger charge is -2.15. The van der Waals surface area contributed by atoms with Crippen LogP contribution in [-0.4, -0.2) is 20.7 Å². The Bertz CT molecular complexity index is 605. The van der Waals surface area contributed by atoms with Crippen LogP contribution in [0.3, 0.4) is 0 Å². The zero-order valence-electron chi connectivity index (χ0n) is 11.7. The van der Waals surface area contributed by atoms with Crippen LogP contribution in [0, 0.1) is 5.92 Å². The maximum absolute atomic E-state index is 12.2. The molecule has 0 aliphatic heterocycles. The van der Waals surface area contributed by atoms with Gasteiger partial charge in [0.25, 0.3) is 5.91 Å². The second-order valence-corrected chi connectivity index (χ2v) is 6.47. The molecule has 3 rings (SSSR count). The molecule has 0 aromatic carbocycles. The maximum atomic E-state index is 12.2. The van der Waals surface area contributed by atoms with E-state index in [-0.39, 0.29) is 11.9 Å². The molecular weight excluding hydrogens is 272 g/mol. The zero-order valence-corrected chi connectivity index (χ0v) is 12.5. The average molecular weight is 290 g/mol. The van der Waals surface area contributed by atoms with Crippen molar-refractivity contribution in [1.29, 1.82) is 0 Å². The van der Waals surface area contributed by atoms with Crippen LogP contribution in [0.4, 0.5) is 5.13 Å². The van der Waals surface area contributed by atoms with E-state index in [1.807, 2.05) is 13.0 Å². The number of anilines is 1. The first kappa shape index (κ1) is 13.3. The van der Waals surface area contributed by atoms with Gasteiger partial charge in [0.1, 0.15) is 6.04 Å². The van der Waals surface area contributed by atoms with Gasteiger partial charge in [-0.05, 0) is 38.2 Å². The van der Waals surface area contributed by atoms with Crippen LogP contribution in [0.1, 0.15) is 36.9 Å². The minimum absolute atomic E-state index is 0.0761. The van der Waals surface area contributed by atoms with Crippen molar-refractivity contribution in [3.05, 3.63) is 29.0 Å². The highest BCUT2D eigenvalue weighted by molar-refractivity contribution is 7.15. The topological polar surface area (TPSA) is 59.8 Å². The fourth-order valence-corrected chi connectivity index (χ4v) is 3.61. The maximum Gasteiger partial charge on any atom is 0.250 e. The van der Waals surface area contributed by atoms with Gasteiger partial charge in [-0.15, -0.1) is 11.3 Å². The molecule has 1 amide bonds. The Labute approximate surface area is 122 Å². The molecule has 0 saturated carbocycles. The van der Waals surface area contributed by atoms with Gasteiger partial charge in [0, 0.05) is 17.3 Å². The largest absolute Gasteiger partial charge is 0.300 e. The third-order valence-electron chi connectivity index (χ3n) is 3.72. The molecule has 0 fully saturated rings. The van der Waals surface area contributed by atoms with E-state index in [1.54, 1.807) is 28.4 Å². The molecule has 106 valence electrons. The Balaban J connectivity index is 1.70. The van der Waals surface area contributed by atoms with Gasteiger partial charge in [-0.2, -0.15) is 5.10 Å². The van der Waals surface area contributed by atoms with Gasteiger partial charge in [-0.3, -0.25) is 9.48 Å². The van der Waals surface area contributed by atoms with Crippen LogP contribution in [0.5, 0.6) is 0 Å². The molecular formula is C14H18N4OS. The SMILES string of the molecule is C[C@@H]1CCc2nc(NC(=O)[C@@H](C)n3cccn3)sc2C1. The molecule has 1 N–H and O–H groups in total. The number of hydrogen-bond donors (Lipinski definition) is 1. The van der Waals surface area contributed by atoms with Gasteiger partial charge in [0.05, 0.1) is 5.69 Å². The summed E-state index contributed by atoms with van der Waals surface area (Å²) in [5.74, 6) is 0.641. The van der Waals surface area contributed by atoms with Crippen molar-refractivity contribution >= 4 is 22.4 Å². The monoisotopic (exact) mass is 290 g/mol. The predicted octanol–water partition coefficient (Wildman–Crippen LogP) is 2.66. The molecule has 6 heteroatoms. The molecule has 0 unspecified atom stereocenters. The van der Waals surface area contributed by atoms with Gasteiger partial charge < -0.3 is 5.32 Å². The Morgan fingerprint density at radius 1 is 1.60 bits per heavy atom. The average Bonchev–Trinajstić information content (AvgIpc) is 3.05. The van der Waals surface area contributed by atoms with E-state index >= 15 is 0 Å². The number of hydrogen-bond acceptors (Lipinski definition) is 4. The fourth-order valence-electron chi connectivity index (χ4n) is 2.43. The molecule has 20 heavy (non-hydrogen) atoms. The lowest BCUT2D eigenvalue weighted by atomic mass is 9.93. The minimum atomic E-state index is -0.329. The highest BCUT2D eigenvalue weighted by atomic mass is 32.1. The summed E-state index contributed by atoms with van der Waals surface area (Å²) in [7, 11) is 0. The Morgan fingerprint density at radius 3 is 3.20 bits per heavy atom. The molecule has 1 aliphatic carbocycles. The van der Waals surface area contributed by atoms with E-state index in [4.69, 9.17) is 0 Å². The third-order valence-corrected chi connectivity index (χ3v) is 4.75. The normalized spacial score (nSPS) is 19.4. The van der Waals surface area contributed by atoms with E-state index in [2.05, 4.69) is 22.3 Å². The summed E-state index contributed by atoms with van der Waals surface area (Å²) in [5.41, 5.74) is 1.16.